The number of hydrazone groups is 1. The summed E-state index contributed by atoms with van der Waals surface area (Å²) in [7, 11) is 1.56. The number of hydrogen-bond donors (Lipinski definition) is 0. The van der Waals surface area contributed by atoms with Gasteiger partial charge in [-0.3, -0.25) is 5.01 Å². The lowest BCUT2D eigenvalue weighted by molar-refractivity contribution is 0.0701. The molecule has 0 bridgehead atoms. The van der Waals surface area contributed by atoms with Crippen LogP contribution in [0.15, 0.2) is 17.2 Å². The molecular weight excluding hydrogens is 293 g/mol. The van der Waals surface area contributed by atoms with Crippen LogP contribution < -0.4 is 0 Å². The molecule has 3 unspecified atom stereocenters. The third kappa shape index (κ3) is 2.10. The van der Waals surface area contributed by atoms with Crippen molar-refractivity contribution in [2.45, 2.75) is 31.7 Å². The molecule has 0 amide bonds. The highest BCUT2D eigenvalue weighted by molar-refractivity contribution is 6.33. The van der Waals surface area contributed by atoms with Crippen LogP contribution in [0.25, 0.3) is 0 Å². The zero-order chi connectivity index (χ0) is 15.1. The summed E-state index contributed by atoms with van der Waals surface area (Å²) >= 11 is 6.21. The zero-order valence-corrected chi connectivity index (χ0v) is 12.6. The van der Waals surface area contributed by atoms with Crippen molar-refractivity contribution in [1.29, 1.82) is 5.26 Å². The summed E-state index contributed by atoms with van der Waals surface area (Å²) in [4.78, 5) is 0. The van der Waals surface area contributed by atoms with Crippen LogP contribution >= 0.6 is 11.6 Å². The Bertz CT molecular complexity index is 655. The van der Waals surface area contributed by atoms with E-state index in [0.29, 0.717) is 29.3 Å². The largest absolute Gasteiger partial charge is 0.373 e. The smallest absolute Gasteiger partial charge is 0.127 e. The van der Waals surface area contributed by atoms with Crippen molar-refractivity contribution in [3.05, 3.63) is 33.8 Å². The number of methoxy groups -OCH3 is 1. The lowest BCUT2D eigenvalue weighted by Gasteiger charge is -2.22. The van der Waals surface area contributed by atoms with Crippen LogP contribution in [0, 0.1) is 18.3 Å². The van der Waals surface area contributed by atoms with E-state index in [4.69, 9.17) is 21.6 Å². The first-order valence-corrected chi connectivity index (χ1v) is 7.18. The van der Waals surface area contributed by atoms with Gasteiger partial charge in [0.25, 0.3) is 0 Å². The van der Waals surface area contributed by atoms with Gasteiger partial charge in [0.05, 0.1) is 16.3 Å². The molecule has 3 atom stereocenters. The predicted octanol–water partition coefficient (Wildman–Crippen LogP) is 2.67. The van der Waals surface area contributed by atoms with Gasteiger partial charge < -0.3 is 4.74 Å². The highest BCUT2D eigenvalue weighted by atomic mass is 35.5. The second-order valence-electron chi connectivity index (χ2n) is 5.31. The summed E-state index contributed by atoms with van der Waals surface area (Å²) in [5.74, 6) is 0. The van der Waals surface area contributed by atoms with E-state index in [-0.39, 0.29) is 6.04 Å². The Kier molecular flexibility index (Phi) is 3.60. The summed E-state index contributed by atoms with van der Waals surface area (Å²) in [6.07, 6.45) is -0.871. The summed E-state index contributed by atoms with van der Waals surface area (Å²) in [5.41, 5.74) is 2.70. The average molecular weight is 308 g/mol. The molecule has 0 aliphatic carbocycles. The number of rotatable bonds is 2. The quantitative estimate of drug-likeness (QED) is 0.844. The molecule has 3 rings (SSSR count). The number of alkyl halides is 1. The molecule has 0 N–H and O–H groups in total. The molecular formula is C15H15ClFN3O. The number of ether oxygens (including phenoxy) is 1. The Morgan fingerprint density at radius 1 is 1.52 bits per heavy atom. The molecule has 2 aliphatic heterocycles. The molecule has 0 aromatic heterocycles. The average Bonchev–Trinajstić information content (AvgIpc) is 3.02. The Hall–Kier alpha value is -1.64. The molecule has 110 valence electrons. The lowest BCUT2D eigenvalue weighted by Crippen LogP contribution is -2.40. The maximum Gasteiger partial charge on any atom is 0.127 e. The van der Waals surface area contributed by atoms with E-state index >= 15 is 0 Å². The van der Waals surface area contributed by atoms with E-state index in [0.717, 1.165) is 11.1 Å². The fourth-order valence-electron chi connectivity index (χ4n) is 3.09. The molecule has 0 saturated carbocycles. The van der Waals surface area contributed by atoms with Gasteiger partial charge in [0, 0.05) is 19.2 Å². The van der Waals surface area contributed by atoms with Gasteiger partial charge in [-0.15, -0.1) is 0 Å². The minimum absolute atomic E-state index is 0.362. The number of fused-ring (bicyclic) bond motifs is 1. The number of nitrogens with zero attached hydrogens (tertiary/aromatic N) is 3. The molecule has 0 radical (unpaired) electrons. The number of benzene rings is 1. The Labute approximate surface area is 127 Å². The Balaban J connectivity index is 2.05. The summed E-state index contributed by atoms with van der Waals surface area (Å²) < 4.78 is 19.5. The third-order valence-electron chi connectivity index (χ3n) is 4.20. The molecule has 2 heterocycles. The van der Waals surface area contributed by atoms with Gasteiger partial charge in [-0.05, 0) is 25.0 Å². The summed E-state index contributed by atoms with van der Waals surface area (Å²) in [6, 6.07) is 5.16. The van der Waals surface area contributed by atoms with Crippen molar-refractivity contribution in [2.75, 3.05) is 13.7 Å². The van der Waals surface area contributed by atoms with Gasteiger partial charge in [0.1, 0.15) is 24.4 Å². The van der Waals surface area contributed by atoms with Crippen LogP contribution in [-0.4, -0.2) is 42.7 Å². The topological polar surface area (TPSA) is 48.6 Å². The minimum Gasteiger partial charge on any atom is -0.373 e. The normalized spacial score (nSPS) is 27.5. The molecule has 1 aromatic carbocycles. The second kappa shape index (κ2) is 5.28. The minimum atomic E-state index is -0.939. The predicted molar refractivity (Wildman–Crippen MR) is 78.2 cm³/mol. The molecule has 21 heavy (non-hydrogen) atoms. The molecule has 2 aliphatic rings. The molecule has 4 nitrogen and oxygen atoms in total. The van der Waals surface area contributed by atoms with E-state index in [1.54, 1.807) is 24.3 Å². The van der Waals surface area contributed by atoms with Crippen LogP contribution in [0.1, 0.15) is 23.1 Å². The first-order chi connectivity index (χ1) is 10.1. The van der Waals surface area contributed by atoms with Gasteiger partial charge >= 0.3 is 0 Å². The highest BCUT2D eigenvalue weighted by Gasteiger charge is 2.47. The van der Waals surface area contributed by atoms with Crippen LogP contribution in [0.5, 0.6) is 0 Å². The van der Waals surface area contributed by atoms with E-state index < -0.39 is 12.3 Å². The lowest BCUT2D eigenvalue weighted by atomic mass is 9.94. The van der Waals surface area contributed by atoms with Crippen molar-refractivity contribution >= 4 is 17.3 Å². The Morgan fingerprint density at radius 3 is 2.95 bits per heavy atom. The van der Waals surface area contributed by atoms with Crippen LogP contribution in [0.3, 0.4) is 0 Å². The second-order valence-corrected chi connectivity index (χ2v) is 5.69. The summed E-state index contributed by atoms with van der Waals surface area (Å²) in [6.45, 7) is 2.43. The maximum absolute atomic E-state index is 14.0. The van der Waals surface area contributed by atoms with Gasteiger partial charge in [0.2, 0.25) is 0 Å². The van der Waals surface area contributed by atoms with Crippen LogP contribution in [0.2, 0.25) is 5.02 Å². The number of hydrogen-bond acceptors (Lipinski definition) is 4. The molecule has 1 saturated heterocycles. The van der Waals surface area contributed by atoms with Crippen LogP contribution in [0.4, 0.5) is 4.39 Å². The van der Waals surface area contributed by atoms with E-state index in [1.165, 1.54) is 0 Å². The van der Waals surface area contributed by atoms with Crippen molar-refractivity contribution in [3.8, 4) is 6.07 Å². The third-order valence-corrected chi connectivity index (χ3v) is 4.69. The monoisotopic (exact) mass is 307 g/mol. The first kappa shape index (κ1) is 14.3. The maximum atomic E-state index is 14.0. The van der Waals surface area contributed by atoms with Gasteiger partial charge in [-0.1, -0.05) is 17.7 Å². The van der Waals surface area contributed by atoms with E-state index in [2.05, 4.69) is 11.2 Å². The number of nitriles is 1. The number of halogens is 2. The van der Waals surface area contributed by atoms with E-state index in [1.807, 2.05) is 6.92 Å². The SMILES string of the molecule is COC1C(c2ccc(C#N)c(Cl)c2C)=NN2CCC(F)C12. The first-order valence-electron chi connectivity index (χ1n) is 6.80. The fraction of sp³-hybridized carbons (Fsp3) is 0.467. The fourth-order valence-corrected chi connectivity index (χ4v) is 3.30. The van der Waals surface area contributed by atoms with Gasteiger partial charge in [0.15, 0.2) is 0 Å². The molecule has 1 aromatic rings. The molecule has 6 heteroatoms. The summed E-state index contributed by atoms with van der Waals surface area (Å²) in [5, 5.41) is 15.7. The van der Waals surface area contributed by atoms with Crippen molar-refractivity contribution in [2.24, 2.45) is 5.10 Å². The molecule has 0 spiro atoms. The van der Waals surface area contributed by atoms with Crippen LogP contribution in [-0.2, 0) is 4.74 Å². The van der Waals surface area contributed by atoms with Gasteiger partial charge in [-0.2, -0.15) is 10.4 Å². The Morgan fingerprint density at radius 2 is 2.29 bits per heavy atom. The van der Waals surface area contributed by atoms with Crippen molar-refractivity contribution < 1.29 is 9.13 Å². The highest BCUT2D eigenvalue weighted by Crippen LogP contribution is 2.34. The molecule has 1 fully saturated rings. The zero-order valence-electron chi connectivity index (χ0n) is 11.8. The van der Waals surface area contributed by atoms with Crippen molar-refractivity contribution in [3.63, 3.8) is 0 Å². The standard InChI is InChI=1S/C15H15ClFN3O/c1-8-10(4-3-9(7-18)12(8)16)13-15(21-2)14-11(17)5-6-20(14)19-13/h3-4,11,14-15H,5-6H2,1-2H3. The van der Waals surface area contributed by atoms with E-state index in [9.17, 15) is 4.39 Å². The van der Waals surface area contributed by atoms with Gasteiger partial charge in [-0.25, -0.2) is 4.39 Å². The van der Waals surface area contributed by atoms with Crippen molar-refractivity contribution in [1.82, 2.24) is 5.01 Å².